The van der Waals surface area contributed by atoms with E-state index in [1.165, 1.54) is 0 Å². The van der Waals surface area contributed by atoms with Crippen molar-refractivity contribution >= 4 is 11.7 Å². The fourth-order valence-corrected chi connectivity index (χ4v) is 2.77. The van der Waals surface area contributed by atoms with Gasteiger partial charge in [-0.1, -0.05) is 12.1 Å². The number of nitrogens with one attached hydrogen (secondary N) is 3. The van der Waals surface area contributed by atoms with Crippen molar-refractivity contribution in [1.29, 1.82) is 0 Å². The molecule has 7 heteroatoms. The number of carbonyl (C=O) groups excluding carboxylic acids is 1. The van der Waals surface area contributed by atoms with Crippen LogP contribution in [0.3, 0.4) is 0 Å². The molecule has 2 aromatic carbocycles. The lowest BCUT2D eigenvalue weighted by atomic mass is 10.1. The SMILES string of the molecule is COc1cc(CNCc2ccc(NC(=O)NC(C)C)cc2)cc2c1OCO2. The first kappa shape index (κ1) is 18.8. The minimum Gasteiger partial charge on any atom is -0.493 e. The zero-order valence-electron chi connectivity index (χ0n) is 15.8. The van der Waals surface area contributed by atoms with Gasteiger partial charge in [0, 0.05) is 24.8 Å². The Morgan fingerprint density at radius 2 is 1.85 bits per heavy atom. The van der Waals surface area contributed by atoms with Gasteiger partial charge in [0.2, 0.25) is 12.5 Å². The monoisotopic (exact) mass is 371 g/mol. The molecule has 0 saturated carbocycles. The van der Waals surface area contributed by atoms with Crippen LogP contribution in [0.2, 0.25) is 0 Å². The van der Waals surface area contributed by atoms with Crippen molar-refractivity contribution in [3.63, 3.8) is 0 Å². The van der Waals surface area contributed by atoms with E-state index in [1.807, 2.05) is 50.2 Å². The highest BCUT2D eigenvalue weighted by Gasteiger charge is 2.19. The van der Waals surface area contributed by atoms with Gasteiger partial charge in [0.25, 0.3) is 0 Å². The predicted molar refractivity (Wildman–Crippen MR) is 103 cm³/mol. The summed E-state index contributed by atoms with van der Waals surface area (Å²) < 4.78 is 16.2. The molecule has 3 rings (SSSR count). The zero-order valence-corrected chi connectivity index (χ0v) is 15.8. The Hall–Kier alpha value is -2.93. The van der Waals surface area contributed by atoms with Gasteiger partial charge in [-0.05, 0) is 49.2 Å². The molecule has 2 aromatic rings. The number of benzene rings is 2. The molecule has 0 bridgehead atoms. The third-order valence-corrected chi connectivity index (χ3v) is 4.01. The van der Waals surface area contributed by atoms with E-state index in [2.05, 4.69) is 16.0 Å². The zero-order chi connectivity index (χ0) is 19.2. The number of rotatable bonds is 7. The van der Waals surface area contributed by atoms with Crippen molar-refractivity contribution < 1.29 is 19.0 Å². The minimum atomic E-state index is -0.201. The second-order valence-electron chi connectivity index (χ2n) is 6.59. The molecule has 2 amide bonds. The Morgan fingerprint density at radius 1 is 1.11 bits per heavy atom. The third-order valence-electron chi connectivity index (χ3n) is 4.01. The van der Waals surface area contributed by atoms with E-state index in [0.717, 1.165) is 16.8 Å². The third kappa shape index (κ3) is 5.04. The van der Waals surface area contributed by atoms with Crippen molar-refractivity contribution in [1.82, 2.24) is 10.6 Å². The first-order valence-corrected chi connectivity index (χ1v) is 8.89. The Kier molecular flexibility index (Phi) is 6.03. The van der Waals surface area contributed by atoms with Crippen molar-refractivity contribution in [2.24, 2.45) is 0 Å². The molecule has 1 aliphatic heterocycles. The molecule has 0 radical (unpaired) electrons. The van der Waals surface area contributed by atoms with Gasteiger partial charge in [-0.2, -0.15) is 0 Å². The summed E-state index contributed by atoms with van der Waals surface area (Å²) in [6.07, 6.45) is 0. The molecule has 3 N–H and O–H groups in total. The number of carbonyl (C=O) groups is 1. The summed E-state index contributed by atoms with van der Waals surface area (Å²) in [6.45, 7) is 5.44. The van der Waals surface area contributed by atoms with E-state index in [9.17, 15) is 4.79 Å². The van der Waals surface area contributed by atoms with Gasteiger partial charge in [0.05, 0.1) is 7.11 Å². The van der Waals surface area contributed by atoms with Crippen LogP contribution >= 0.6 is 0 Å². The highest BCUT2D eigenvalue weighted by atomic mass is 16.7. The normalized spacial score (nSPS) is 12.1. The van der Waals surface area contributed by atoms with Crippen molar-refractivity contribution in [2.45, 2.75) is 33.0 Å². The summed E-state index contributed by atoms with van der Waals surface area (Å²) in [5.41, 5.74) is 2.94. The van der Waals surface area contributed by atoms with Crippen LogP contribution in [0.1, 0.15) is 25.0 Å². The van der Waals surface area contributed by atoms with Crippen LogP contribution in [-0.2, 0) is 13.1 Å². The number of ether oxygens (including phenoxy) is 3. The number of urea groups is 1. The molecule has 144 valence electrons. The van der Waals surface area contributed by atoms with Crippen LogP contribution in [0.25, 0.3) is 0 Å². The molecule has 0 saturated heterocycles. The Bertz CT molecular complexity index is 791. The van der Waals surface area contributed by atoms with Crippen LogP contribution in [0.5, 0.6) is 17.2 Å². The van der Waals surface area contributed by atoms with E-state index in [4.69, 9.17) is 14.2 Å². The number of fused-ring (bicyclic) bond motifs is 1. The summed E-state index contributed by atoms with van der Waals surface area (Å²) in [6, 6.07) is 11.5. The van der Waals surface area contributed by atoms with E-state index < -0.39 is 0 Å². The molecule has 0 aromatic heterocycles. The van der Waals surface area contributed by atoms with Crippen LogP contribution < -0.4 is 30.2 Å². The molecule has 0 spiro atoms. The molecule has 1 aliphatic rings. The van der Waals surface area contributed by atoms with Gasteiger partial charge in [-0.3, -0.25) is 0 Å². The van der Waals surface area contributed by atoms with Crippen molar-refractivity contribution in [3.05, 3.63) is 47.5 Å². The maximum atomic E-state index is 11.7. The maximum Gasteiger partial charge on any atom is 0.319 e. The average Bonchev–Trinajstić information content (AvgIpc) is 3.10. The first-order chi connectivity index (χ1) is 13.0. The standard InChI is InChI=1S/C20H25N3O4/c1-13(2)22-20(24)23-16-6-4-14(5-7-16)10-21-11-15-8-17(25-3)19-18(9-15)26-12-27-19/h4-9,13,21H,10-12H2,1-3H3,(H2,22,23,24). The summed E-state index contributed by atoms with van der Waals surface area (Å²) in [4.78, 5) is 11.7. The number of anilines is 1. The number of hydrogen-bond acceptors (Lipinski definition) is 5. The summed E-state index contributed by atoms with van der Waals surface area (Å²) >= 11 is 0. The van der Waals surface area contributed by atoms with Crippen LogP contribution in [-0.4, -0.2) is 26.0 Å². The maximum absolute atomic E-state index is 11.7. The van der Waals surface area contributed by atoms with E-state index in [1.54, 1.807) is 7.11 Å². The smallest absolute Gasteiger partial charge is 0.319 e. The van der Waals surface area contributed by atoms with E-state index in [-0.39, 0.29) is 18.9 Å². The molecule has 27 heavy (non-hydrogen) atoms. The van der Waals surface area contributed by atoms with Gasteiger partial charge in [-0.25, -0.2) is 4.79 Å². The fraction of sp³-hybridized carbons (Fsp3) is 0.350. The van der Waals surface area contributed by atoms with E-state index in [0.29, 0.717) is 30.3 Å². The molecule has 7 nitrogen and oxygen atoms in total. The summed E-state index contributed by atoms with van der Waals surface area (Å²) in [5, 5.41) is 9.00. The molecule has 0 atom stereocenters. The highest BCUT2D eigenvalue weighted by molar-refractivity contribution is 5.89. The molecular formula is C20H25N3O4. The Morgan fingerprint density at radius 3 is 2.56 bits per heavy atom. The van der Waals surface area contributed by atoms with Gasteiger partial charge in [-0.15, -0.1) is 0 Å². The summed E-state index contributed by atoms with van der Waals surface area (Å²) in [7, 11) is 1.62. The van der Waals surface area contributed by atoms with Crippen LogP contribution in [0.15, 0.2) is 36.4 Å². The Labute approximate surface area is 159 Å². The molecule has 0 fully saturated rings. The van der Waals surface area contributed by atoms with Crippen molar-refractivity contribution in [3.8, 4) is 17.2 Å². The second-order valence-corrected chi connectivity index (χ2v) is 6.59. The summed E-state index contributed by atoms with van der Waals surface area (Å²) in [5.74, 6) is 2.05. The average molecular weight is 371 g/mol. The molecule has 0 unspecified atom stereocenters. The van der Waals surface area contributed by atoms with Gasteiger partial charge in [0.1, 0.15) is 0 Å². The van der Waals surface area contributed by atoms with Gasteiger partial charge in [0.15, 0.2) is 11.5 Å². The molecule has 1 heterocycles. The lowest BCUT2D eigenvalue weighted by Crippen LogP contribution is -2.34. The second kappa shape index (κ2) is 8.64. The minimum absolute atomic E-state index is 0.100. The van der Waals surface area contributed by atoms with Crippen LogP contribution in [0.4, 0.5) is 10.5 Å². The highest BCUT2D eigenvalue weighted by Crippen LogP contribution is 2.41. The lowest BCUT2D eigenvalue weighted by molar-refractivity contribution is 0.171. The quantitative estimate of drug-likeness (QED) is 0.696. The molecular weight excluding hydrogens is 346 g/mol. The number of hydrogen-bond donors (Lipinski definition) is 3. The number of amides is 2. The van der Waals surface area contributed by atoms with Gasteiger partial charge >= 0.3 is 6.03 Å². The first-order valence-electron chi connectivity index (χ1n) is 8.89. The largest absolute Gasteiger partial charge is 0.493 e. The van der Waals surface area contributed by atoms with Gasteiger partial charge < -0.3 is 30.2 Å². The van der Waals surface area contributed by atoms with Crippen molar-refractivity contribution in [2.75, 3.05) is 19.2 Å². The fourth-order valence-electron chi connectivity index (χ4n) is 2.77. The number of methoxy groups -OCH3 is 1. The van der Waals surface area contributed by atoms with Crippen LogP contribution in [0, 0.1) is 0 Å². The Balaban J connectivity index is 1.51. The van der Waals surface area contributed by atoms with E-state index >= 15 is 0 Å². The topological polar surface area (TPSA) is 80.9 Å². The molecule has 0 aliphatic carbocycles. The lowest BCUT2D eigenvalue weighted by Gasteiger charge is -2.11. The predicted octanol–water partition coefficient (Wildman–Crippen LogP) is 3.24.